The van der Waals surface area contributed by atoms with Crippen LogP contribution in [0.25, 0.3) is 0 Å². The molecule has 9 heteroatoms. The van der Waals surface area contributed by atoms with Gasteiger partial charge in [0.1, 0.15) is 11.5 Å². The molecule has 3 rings (SSSR count). The molecule has 0 fully saturated rings. The van der Waals surface area contributed by atoms with Crippen molar-refractivity contribution in [3.05, 3.63) is 94.5 Å². The number of halogens is 1. The molecule has 0 heterocycles. The molecule has 0 spiro atoms. The van der Waals surface area contributed by atoms with Crippen LogP contribution < -0.4 is 20.2 Å². The van der Waals surface area contributed by atoms with Gasteiger partial charge >= 0.3 is 5.97 Å². The van der Waals surface area contributed by atoms with Gasteiger partial charge in [-0.15, -0.1) is 0 Å². The van der Waals surface area contributed by atoms with Gasteiger partial charge < -0.3 is 14.8 Å². The lowest BCUT2D eigenvalue weighted by atomic mass is 10.2. The molecule has 0 aliphatic carbocycles. The molecule has 180 valence electrons. The van der Waals surface area contributed by atoms with Crippen molar-refractivity contribution in [2.75, 3.05) is 13.2 Å². The monoisotopic (exact) mass is 493 g/mol. The number of rotatable bonds is 10. The SMILES string of the molecule is CCCOc1ccc(C(=O)NCC(=O)N/N=C/c2ccccc2OC(=O)c2ccc(Cl)cc2)cc1. The number of hydrazone groups is 1. The predicted molar refractivity (Wildman–Crippen MR) is 133 cm³/mol. The van der Waals surface area contributed by atoms with Gasteiger partial charge in [0.2, 0.25) is 0 Å². The third kappa shape index (κ3) is 7.97. The fraction of sp³-hybridized carbons (Fsp3) is 0.154. The van der Waals surface area contributed by atoms with Crippen LogP contribution in [0.1, 0.15) is 39.6 Å². The van der Waals surface area contributed by atoms with E-state index in [1.807, 2.05) is 6.92 Å². The lowest BCUT2D eigenvalue weighted by molar-refractivity contribution is -0.120. The molecule has 2 N–H and O–H groups in total. The summed E-state index contributed by atoms with van der Waals surface area (Å²) in [6.45, 7) is 2.34. The van der Waals surface area contributed by atoms with Gasteiger partial charge in [-0.3, -0.25) is 9.59 Å². The van der Waals surface area contributed by atoms with Crippen LogP contribution in [0.2, 0.25) is 5.02 Å². The lowest BCUT2D eigenvalue weighted by Gasteiger charge is -2.08. The average molecular weight is 494 g/mol. The highest BCUT2D eigenvalue weighted by atomic mass is 35.5. The maximum Gasteiger partial charge on any atom is 0.343 e. The molecule has 0 radical (unpaired) electrons. The lowest BCUT2D eigenvalue weighted by Crippen LogP contribution is -2.34. The normalized spacial score (nSPS) is 10.6. The van der Waals surface area contributed by atoms with Crippen molar-refractivity contribution in [1.82, 2.24) is 10.7 Å². The zero-order chi connectivity index (χ0) is 25.0. The zero-order valence-electron chi connectivity index (χ0n) is 19.0. The van der Waals surface area contributed by atoms with Crippen molar-refractivity contribution < 1.29 is 23.9 Å². The maximum atomic E-state index is 12.4. The van der Waals surface area contributed by atoms with Crippen LogP contribution in [0, 0.1) is 0 Å². The number of ether oxygens (including phenoxy) is 2. The van der Waals surface area contributed by atoms with E-state index in [4.69, 9.17) is 21.1 Å². The number of para-hydroxylation sites is 1. The summed E-state index contributed by atoms with van der Waals surface area (Å²) < 4.78 is 10.9. The molecule has 0 saturated heterocycles. The topological polar surface area (TPSA) is 106 Å². The van der Waals surface area contributed by atoms with E-state index >= 15 is 0 Å². The zero-order valence-corrected chi connectivity index (χ0v) is 19.7. The molecule has 2 amide bonds. The van der Waals surface area contributed by atoms with Gasteiger partial charge in [0.05, 0.1) is 24.9 Å². The van der Waals surface area contributed by atoms with E-state index in [1.54, 1.807) is 72.8 Å². The Kier molecular flexibility index (Phi) is 9.39. The average Bonchev–Trinajstić information content (AvgIpc) is 2.87. The summed E-state index contributed by atoms with van der Waals surface area (Å²) in [4.78, 5) is 36.7. The minimum absolute atomic E-state index is 0.266. The Morgan fingerprint density at radius 2 is 1.63 bits per heavy atom. The number of esters is 1. The molecule has 0 bridgehead atoms. The number of amides is 2. The largest absolute Gasteiger partial charge is 0.494 e. The van der Waals surface area contributed by atoms with Crippen molar-refractivity contribution in [2.45, 2.75) is 13.3 Å². The Morgan fingerprint density at radius 1 is 0.943 bits per heavy atom. The van der Waals surface area contributed by atoms with Crippen LogP contribution in [0.3, 0.4) is 0 Å². The van der Waals surface area contributed by atoms with Crippen molar-refractivity contribution in [1.29, 1.82) is 0 Å². The second-order valence-electron chi connectivity index (χ2n) is 7.28. The summed E-state index contributed by atoms with van der Waals surface area (Å²) in [6, 6.07) is 19.7. The summed E-state index contributed by atoms with van der Waals surface area (Å²) in [5.74, 6) is -0.530. The van der Waals surface area contributed by atoms with Gasteiger partial charge in [0.25, 0.3) is 11.8 Å². The van der Waals surface area contributed by atoms with Crippen LogP contribution in [0.15, 0.2) is 77.9 Å². The van der Waals surface area contributed by atoms with Crippen LogP contribution >= 0.6 is 11.6 Å². The Bertz CT molecular complexity index is 1190. The number of hydrogen-bond donors (Lipinski definition) is 2. The second kappa shape index (κ2) is 12.9. The molecule has 0 atom stereocenters. The molecule has 0 saturated carbocycles. The molecule has 0 aliphatic heterocycles. The number of nitrogens with one attached hydrogen (secondary N) is 2. The molecule has 0 aromatic heterocycles. The maximum absolute atomic E-state index is 12.4. The van der Waals surface area contributed by atoms with Crippen LogP contribution in [0.5, 0.6) is 11.5 Å². The molecule has 0 unspecified atom stereocenters. The standard InChI is InChI=1S/C26H24ClN3O5/c1-2-15-34-22-13-9-18(10-14-22)25(32)28-17-24(31)30-29-16-20-5-3-4-6-23(20)35-26(33)19-7-11-21(27)12-8-19/h3-14,16H,2,15,17H2,1H3,(H,28,32)(H,30,31)/b29-16+. The smallest absolute Gasteiger partial charge is 0.343 e. The Morgan fingerprint density at radius 3 is 2.34 bits per heavy atom. The van der Waals surface area contributed by atoms with Gasteiger partial charge in [0, 0.05) is 16.1 Å². The Labute approximate surface area is 207 Å². The Hall–Kier alpha value is -4.17. The predicted octanol–water partition coefficient (Wildman–Crippen LogP) is 4.23. The van der Waals surface area contributed by atoms with Gasteiger partial charge in [-0.2, -0.15) is 5.10 Å². The van der Waals surface area contributed by atoms with E-state index in [9.17, 15) is 14.4 Å². The van der Waals surface area contributed by atoms with Gasteiger partial charge in [-0.1, -0.05) is 30.7 Å². The summed E-state index contributed by atoms with van der Waals surface area (Å²) in [6.07, 6.45) is 2.24. The fourth-order valence-electron chi connectivity index (χ4n) is 2.82. The highest BCUT2D eigenvalue weighted by Gasteiger charge is 2.11. The van der Waals surface area contributed by atoms with E-state index in [0.29, 0.717) is 34.1 Å². The number of carbonyl (C=O) groups excluding carboxylic acids is 3. The highest BCUT2D eigenvalue weighted by Crippen LogP contribution is 2.18. The van der Waals surface area contributed by atoms with Gasteiger partial charge in [0.15, 0.2) is 0 Å². The van der Waals surface area contributed by atoms with E-state index in [2.05, 4.69) is 15.8 Å². The van der Waals surface area contributed by atoms with Crippen LogP contribution in [-0.4, -0.2) is 37.1 Å². The number of nitrogens with zero attached hydrogens (tertiary/aromatic N) is 1. The first-order valence-electron chi connectivity index (χ1n) is 10.9. The van der Waals surface area contributed by atoms with Crippen molar-refractivity contribution in [3.8, 4) is 11.5 Å². The van der Waals surface area contributed by atoms with Crippen LogP contribution in [-0.2, 0) is 4.79 Å². The van der Waals surface area contributed by atoms with Gasteiger partial charge in [-0.05, 0) is 67.1 Å². The molecular formula is C26H24ClN3O5. The third-order valence-corrected chi connectivity index (χ3v) is 4.85. The number of hydrogen-bond acceptors (Lipinski definition) is 6. The van der Waals surface area contributed by atoms with Crippen molar-refractivity contribution >= 4 is 35.6 Å². The first kappa shape index (κ1) is 25.5. The molecule has 8 nitrogen and oxygen atoms in total. The summed E-state index contributed by atoms with van der Waals surface area (Å²) in [7, 11) is 0. The molecule has 3 aromatic carbocycles. The van der Waals surface area contributed by atoms with Crippen molar-refractivity contribution in [2.24, 2.45) is 5.10 Å². The van der Waals surface area contributed by atoms with Crippen molar-refractivity contribution in [3.63, 3.8) is 0 Å². The van der Waals surface area contributed by atoms with E-state index < -0.39 is 17.8 Å². The second-order valence-corrected chi connectivity index (χ2v) is 7.72. The van der Waals surface area contributed by atoms with E-state index in [0.717, 1.165) is 6.42 Å². The van der Waals surface area contributed by atoms with Crippen LogP contribution in [0.4, 0.5) is 0 Å². The fourth-order valence-corrected chi connectivity index (χ4v) is 2.95. The van der Waals surface area contributed by atoms with E-state index in [1.165, 1.54) is 6.21 Å². The molecule has 3 aromatic rings. The van der Waals surface area contributed by atoms with Gasteiger partial charge in [-0.25, -0.2) is 10.2 Å². The Balaban J connectivity index is 1.50. The quantitative estimate of drug-likeness (QED) is 0.190. The highest BCUT2D eigenvalue weighted by molar-refractivity contribution is 6.30. The summed E-state index contributed by atoms with van der Waals surface area (Å²) in [5, 5.41) is 6.92. The molecule has 0 aliphatic rings. The number of benzene rings is 3. The molecular weight excluding hydrogens is 470 g/mol. The minimum atomic E-state index is -0.556. The molecule has 35 heavy (non-hydrogen) atoms. The summed E-state index contributed by atoms with van der Waals surface area (Å²) >= 11 is 5.84. The third-order valence-electron chi connectivity index (χ3n) is 4.59. The van der Waals surface area contributed by atoms with E-state index in [-0.39, 0.29) is 12.3 Å². The first-order valence-corrected chi connectivity index (χ1v) is 11.2. The summed E-state index contributed by atoms with van der Waals surface area (Å²) in [5.41, 5.74) is 3.55. The number of carbonyl (C=O) groups is 3. The first-order chi connectivity index (χ1) is 17.0. The minimum Gasteiger partial charge on any atom is -0.494 e.